The molecule has 0 atom stereocenters. The molecule has 1 aromatic heterocycles. The van der Waals surface area contributed by atoms with Gasteiger partial charge in [0.1, 0.15) is 4.64 Å². The molecule has 0 amide bonds. The van der Waals surface area contributed by atoms with Crippen molar-refractivity contribution < 1.29 is 0 Å². The van der Waals surface area contributed by atoms with Gasteiger partial charge in [0.2, 0.25) is 0 Å². The Bertz CT molecular complexity index is 468. The van der Waals surface area contributed by atoms with Crippen LogP contribution < -0.4 is 0 Å². The van der Waals surface area contributed by atoms with Crippen molar-refractivity contribution in [1.82, 2.24) is 9.97 Å². The van der Waals surface area contributed by atoms with Gasteiger partial charge in [-0.1, -0.05) is 24.4 Å². The number of benzene rings is 1. The zero-order chi connectivity index (χ0) is 8.39. The number of hydrogen-bond acceptors (Lipinski definition) is 3. The van der Waals surface area contributed by atoms with E-state index in [2.05, 4.69) is 9.97 Å². The van der Waals surface area contributed by atoms with Crippen LogP contribution in [0.3, 0.4) is 0 Å². The van der Waals surface area contributed by atoms with Crippen molar-refractivity contribution in [2.24, 2.45) is 0 Å². The molecule has 58 valence electrons. The van der Waals surface area contributed by atoms with Crippen molar-refractivity contribution in [3.63, 3.8) is 0 Å². The average Bonchev–Trinajstić information content (AvgIpc) is 2.25. The SMILES string of the molecule is S=c1ccnc2ccccc2n1. The predicted molar refractivity (Wildman–Crippen MR) is 50.4 cm³/mol. The van der Waals surface area contributed by atoms with Crippen LogP contribution in [-0.4, -0.2) is 9.97 Å². The van der Waals surface area contributed by atoms with E-state index in [1.54, 1.807) is 12.3 Å². The molecule has 2 rings (SSSR count). The first kappa shape index (κ1) is 7.31. The van der Waals surface area contributed by atoms with Gasteiger partial charge in [0.15, 0.2) is 0 Å². The molecule has 12 heavy (non-hydrogen) atoms. The molecule has 0 spiro atoms. The minimum Gasteiger partial charge on any atom is -0.255 e. The summed E-state index contributed by atoms with van der Waals surface area (Å²) in [6.45, 7) is 0. The van der Waals surface area contributed by atoms with E-state index in [4.69, 9.17) is 12.2 Å². The molecule has 0 aliphatic carbocycles. The molecule has 1 aromatic carbocycles. The lowest BCUT2D eigenvalue weighted by molar-refractivity contribution is 1.40. The van der Waals surface area contributed by atoms with Crippen LogP contribution in [0.1, 0.15) is 0 Å². The van der Waals surface area contributed by atoms with Gasteiger partial charge in [-0.2, -0.15) is 0 Å². The molecule has 0 aliphatic rings. The molecular weight excluding hydrogens is 168 g/mol. The number of para-hydroxylation sites is 2. The number of nitrogens with zero attached hydrogens (tertiary/aromatic N) is 2. The zero-order valence-corrected chi connectivity index (χ0v) is 7.08. The Morgan fingerprint density at radius 2 is 1.75 bits per heavy atom. The molecule has 3 heteroatoms. The predicted octanol–water partition coefficient (Wildman–Crippen LogP) is 2.36. The Kier molecular flexibility index (Phi) is 1.80. The van der Waals surface area contributed by atoms with Gasteiger partial charge in [0.25, 0.3) is 0 Å². The van der Waals surface area contributed by atoms with Crippen LogP contribution in [-0.2, 0) is 0 Å². The van der Waals surface area contributed by atoms with E-state index in [0.717, 1.165) is 11.0 Å². The molecule has 0 radical (unpaired) electrons. The first-order chi connectivity index (χ1) is 5.86. The highest BCUT2D eigenvalue weighted by molar-refractivity contribution is 7.71. The maximum atomic E-state index is 4.96. The molecule has 0 fully saturated rings. The van der Waals surface area contributed by atoms with Crippen LogP contribution in [0.4, 0.5) is 0 Å². The summed E-state index contributed by atoms with van der Waals surface area (Å²) in [7, 11) is 0. The van der Waals surface area contributed by atoms with Crippen molar-refractivity contribution in [1.29, 1.82) is 0 Å². The fourth-order valence-corrected chi connectivity index (χ4v) is 1.16. The highest BCUT2D eigenvalue weighted by Crippen LogP contribution is 2.04. The highest BCUT2D eigenvalue weighted by atomic mass is 32.1. The second-order valence-electron chi connectivity index (χ2n) is 2.38. The molecule has 0 saturated carbocycles. The van der Waals surface area contributed by atoms with Crippen LogP contribution >= 0.6 is 12.2 Å². The maximum absolute atomic E-state index is 4.96. The second-order valence-corrected chi connectivity index (χ2v) is 2.80. The number of hydrogen-bond donors (Lipinski definition) is 0. The van der Waals surface area contributed by atoms with Gasteiger partial charge in [0, 0.05) is 6.20 Å². The summed E-state index contributed by atoms with van der Waals surface area (Å²) in [6.07, 6.45) is 1.68. The van der Waals surface area contributed by atoms with Gasteiger partial charge in [-0.15, -0.1) is 0 Å². The van der Waals surface area contributed by atoms with Gasteiger partial charge in [-0.25, -0.2) is 4.98 Å². The quantitative estimate of drug-likeness (QED) is 0.573. The van der Waals surface area contributed by atoms with Crippen molar-refractivity contribution in [3.8, 4) is 0 Å². The number of aromatic nitrogens is 2. The molecule has 0 aliphatic heterocycles. The van der Waals surface area contributed by atoms with Crippen molar-refractivity contribution >= 4 is 23.3 Å². The largest absolute Gasteiger partial charge is 0.255 e. The number of fused-ring (bicyclic) bond motifs is 1. The molecule has 2 nitrogen and oxygen atoms in total. The summed E-state index contributed by atoms with van der Waals surface area (Å²) >= 11 is 4.96. The minimum absolute atomic E-state index is 0.573. The molecule has 0 bridgehead atoms. The van der Waals surface area contributed by atoms with E-state index in [1.165, 1.54) is 0 Å². The maximum Gasteiger partial charge on any atom is 0.128 e. The van der Waals surface area contributed by atoms with E-state index >= 15 is 0 Å². The van der Waals surface area contributed by atoms with Crippen LogP contribution in [0.25, 0.3) is 11.0 Å². The van der Waals surface area contributed by atoms with E-state index in [9.17, 15) is 0 Å². The third-order valence-electron chi connectivity index (χ3n) is 1.54. The fraction of sp³-hybridized carbons (Fsp3) is 0. The van der Waals surface area contributed by atoms with Crippen LogP contribution in [0.5, 0.6) is 0 Å². The molecule has 0 saturated heterocycles. The van der Waals surface area contributed by atoms with E-state index in [0.29, 0.717) is 4.64 Å². The summed E-state index contributed by atoms with van der Waals surface area (Å²) in [5.74, 6) is 0. The van der Waals surface area contributed by atoms with Gasteiger partial charge >= 0.3 is 0 Å². The third kappa shape index (κ3) is 1.31. The van der Waals surface area contributed by atoms with Gasteiger partial charge in [-0.3, -0.25) is 4.98 Å². The third-order valence-corrected chi connectivity index (χ3v) is 1.77. The fourth-order valence-electron chi connectivity index (χ4n) is 1.01. The normalized spacial score (nSPS) is 10.0. The molecular formula is C9H6N2S. The summed E-state index contributed by atoms with van der Waals surface area (Å²) in [5.41, 5.74) is 1.71. The van der Waals surface area contributed by atoms with E-state index in [1.807, 2.05) is 24.3 Å². The van der Waals surface area contributed by atoms with E-state index < -0.39 is 0 Å². The lowest BCUT2D eigenvalue weighted by Crippen LogP contribution is -1.72. The van der Waals surface area contributed by atoms with Crippen LogP contribution in [0.15, 0.2) is 36.5 Å². The molecule has 0 unspecified atom stereocenters. The van der Waals surface area contributed by atoms with Crippen molar-refractivity contribution in [2.75, 3.05) is 0 Å². The van der Waals surface area contributed by atoms with Crippen molar-refractivity contribution in [3.05, 3.63) is 41.2 Å². The minimum atomic E-state index is 0.573. The standard InChI is InChI=1S/C9H6N2S/c12-9-5-6-10-7-3-1-2-4-8(7)11-9/h1-6H. The zero-order valence-electron chi connectivity index (χ0n) is 6.27. The van der Waals surface area contributed by atoms with Crippen LogP contribution in [0.2, 0.25) is 0 Å². The van der Waals surface area contributed by atoms with Crippen molar-refractivity contribution in [2.45, 2.75) is 0 Å². The highest BCUT2D eigenvalue weighted by Gasteiger charge is 1.89. The van der Waals surface area contributed by atoms with Gasteiger partial charge in [-0.05, 0) is 18.2 Å². The monoisotopic (exact) mass is 174 g/mol. The summed E-state index contributed by atoms with van der Waals surface area (Å²) in [5, 5.41) is 0. The lowest BCUT2D eigenvalue weighted by Gasteiger charge is -1.85. The summed E-state index contributed by atoms with van der Waals surface area (Å²) in [6, 6.07) is 9.39. The lowest BCUT2D eigenvalue weighted by atomic mass is 10.3. The first-order valence-electron chi connectivity index (χ1n) is 3.58. The van der Waals surface area contributed by atoms with Gasteiger partial charge < -0.3 is 0 Å². The Labute approximate surface area is 74.9 Å². The first-order valence-corrected chi connectivity index (χ1v) is 3.99. The topological polar surface area (TPSA) is 25.8 Å². The summed E-state index contributed by atoms with van der Waals surface area (Å²) < 4.78 is 0.573. The Morgan fingerprint density at radius 1 is 1.00 bits per heavy atom. The molecule has 0 N–H and O–H groups in total. The Hall–Kier alpha value is -1.35. The molecule has 2 aromatic rings. The Balaban J connectivity index is 2.98. The van der Waals surface area contributed by atoms with Gasteiger partial charge in [0.05, 0.1) is 11.0 Å². The number of rotatable bonds is 0. The summed E-state index contributed by atoms with van der Waals surface area (Å²) in [4.78, 5) is 8.37. The second kappa shape index (κ2) is 2.95. The smallest absolute Gasteiger partial charge is 0.128 e. The van der Waals surface area contributed by atoms with E-state index in [-0.39, 0.29) is 0 Å². The average molecular weight is 174 g/mol. The van der Waals surface area contributed by atoms with Crippen LogP contribution in [0, 0.1) is 4.64 Å². The molecule has 1 heterocycles. The Morgan fingerprint density at radius 3 is 2.58 bits per heavy atom.